The van der Waals surface area contributed by atoms with Gasteiger partial charge in [-0.15, -0.1) is 0 Å². The van der Waals surface area contributed by atoms with Gasteiger partial charge in [0.25, 0.3) is 0 Å². The number of hydrogen-bond acceptors (Lipinski definition) is 4. The van der Waals surface area contributed by atoms with Gasteiger partial charge >= 0.3 is 5.97 Å². The maximum absolute atomic E-state index is 11.2. The van der Waals surface area contributed by atoms with Crippen molar-refractivity contribution in [3.63, 3.8) is 0 Å². The molecule has 4 aliphatic carbocycles. The number of rotatable bonds is 8. The average molecular weight is 495 g/mol. The fraction of sp³-hybridized carbons (Fsp3) is 0.406. The number of benzene rings is 2. The Morgan fingerprint density at radius 2 is 1.70 bits per heavy atom. The first-order valence-corrected chi connectivity index (χ1v) is 13.6. The molecule has 3 aromatic rings. The maximum atomic E-state index is 11.2. The van der Waals surface area contributed by atoms with Crippen molar-refractivity contribution in [2.75, 3.05) is 0 Å². The van der Waals surface area contributed by atoms with Crippen LogP contribution in [0.1, 0.15) is 68.7 Å². The topological polar surface area (TPSA) is 72.3 Å². The minimum atomic E-state index is -0.964. The number of aromatic nitrogens is 2. The summed E-state index contributed by atoms with van der Waals surface area (Å²) in [5, 5.41) is 9.16. The Labute approximate surface area is 218 Å². The van der Waals surface area contributed by atoms with E-state index in [1.165, 1.54) is 55.7 Å². The molecular weight excluding hydrogens is 460 g/mol. The zero-order valence-corrected chi connectivity index (χ0v) is 21.4. The molecule has 4 aliphatic rings. The van der Waals surface area contributed by atoms with Crippen LogP contribution in [0.4, 0.5) is 0 Å². The number of carboxylic acid groups (broad SMARTS) is 1. The van der Waals surface area contributed by atoms with Crippen LogP contribution in [0.5, 0.6) is 5.75 Å². The predicted molar refractivity (Wildman–Crippen MR) is 144 cm³/mol. The van der Waals surface area contributed by atoms with Crippen LogP contribution in [0.3, 0.4) is 0 Å². The van der Waals surface area contributed by atoms with E-state index in [4.69, 9.17) is 14.8 Å². The Kier molecular flexibility index (Phi) is 6.31. The van der Waals surface area contributed by atoms with Crippen LogP contribution in [0.25, 0.3) is 16.8 Å². The summed E-state index contributed by atoms with van der Waals surface area (Å²) in [5.41, 5.74) is 5.82. The van der Waals surface area contributed by atoms with Gasteiger partial charge in [0.1, 0.15) is 12.4 Å². The van der Waals surface area contributed by atoms with Gasteiger partial charge < -0.3 is 9.84 Å². The van der Waals surface area contributed by atoms with Crippen molar-refractivity contribution in [3.8, 4) is 17.0 Å². The average Bonchev–Trinajstić information content (AvgIpc) is 2.90. The standard InChI is InChI=1S/C32H34N2O3/c1-2-25(14-31(35)36)28-18-34-29(19-33-28)26-8-9-30(37-20-21-6-4-3-5-7-21)27(13-26)32-15-22-10-23(16-32)12-24(11-22)17-32/h3-9,13-14,18-19,22-24H,2,10-12,15-17,20H2,1H3,(H,35,36)/b25-14+. The second-order valence-electron chi connectivity index (χ2n) is 11.3. The Morgan fingerprint density at radius 3 is 2.30 bits per heavy atom. The molecule has 0 unspecified atom stereocenters. The molecule has 0 spiro atoms. The minimum Gasteiger partial charge on any atom is -0.489 e. The number of ether oxygens (including phenoxy) is 1. The molecule has 0 radical (unpaired) electrons. The van der Waals surface area contributed by atoms with E-state index in [-0.39, 0.29) is 5.41 Å². The number of nitrogens with zero attached hydrogens (tertiary/aromatic N) is 2. The van der Waals surface area contributed by atoms with Gasteiger partial charge in [-0.25, -0.2) is 4.79 Å². The number of allylic oxidation sites excluding steroid dienone is 1. The summed E-state index contributed by atoms with van der Waals surface area (Å²) in [6, 6.07) is 16.9. The molecule has 2 aromatic carbocycles. The van der Waals surface area contributed by atoms with E-state index in [2.05, 4.69) is 47.4 Å². The lowest BCUT2D eigenvalue weighted by Gasteiger charge is -2.57. The van der Waals surface area contributed by atoms with Crippen LogP contribution >= 0.6 is 0 Å². The SMILES string of the molecule is CC/C(=C\C(=O)O)c1cnc(-c2ccc(OCc3ccccc3)c(C34CC5CC(CC(C5)C3)C4)c2)cn1. The lowest BCUT2D eigenvalue weighted by molar-refractivity contribution is -0.131. The zero-order valence-electron chi connectivity index (χ0n) is 21.4. The van der Waals surface area contributed by atoms with Crippen LogP contribution in [0.2, 0.25) is 0 Å². The normalized spacial score (nSPS) is 26.3. The molecule has 190 valence electrons. The van der Waals surface area contributed by atoms with Crippen LogP contribution in [0, 0.1) is 17.8 Å². The largest absolute Gasteiger partial charge is 0.489 e. The summed E-state index contributed by atoms with van der Waals surface area (Å²) in [5.74, 6) is 2.55. The third-order valence-electron chi connectivity index (χ3n) is 8.78. The highest BCUT2D eigenvalue weighted by Gasteiger charge is 2.52. The van der Waals surface area contributed by atoms with Gasteiger partial charge in [-0.05, 0) is 97.5 Å². The van der Waals surface area contributed by atoms with Gasteiger partial charge in [-0.2, -0.15) is 0 Å². The smallest absolute Gasteiger partial charge is 0.328 e. The van der Waals surface area contributed by atoms with Gasteiger partial charge in [-0.3, -0.25) is 9.97 Å². The van der Waals surface area contributed by atoms with Gasteiger partial charge in [0.05, 0.1) is 23.8 Å². The highest BCUT2D eigenvalue weighted by atomic mass is 16.5. The summed E-state index contributed by atoms with van der Waals surface area (Å²) in [7, 11) is 0. The monoisotopic (exact) mass is 494 g/mol. The molecule has 7 rings (SSSR count). The van der Waals surface area contributed by atoms with Crippen molar-refractivity contribution >= 4 is 11.5 Å². The molecular formula is C32H34N2O3. The molecule has 0 saturated heterocycles. The van der Waals surface area contributed by atoms with E-state index in [9.17, 15) is 4.79 Å². The molecule has 5 nitrogen and oxygen atoms in total. The van der Waals surface area contributed by atoms with Crippen LogP contribution in [0.15, 0.2) is 67.0 Å². The first-order valence-electron chi connectivity index (χ1n) is 13.6. The summed E-state index contributed by atoms with van der Waals surface area (Å²) < 4.78 is 6.51. The van der Waals surface area contributed by atoms with E-state index < -0.39 is 5.97 Å². The van der Waals surface area contributed by atoms with E-state index in [0.717, 1.165) is 34.8 Å². The fourth-order valence-electron chi connectivity index (χ4n) is 7.55. The molecule has 4 fully saturated rings. The lowest BCUT2D eigenvalue weighted by Crippen LogP contribution is -2.48. The zero-order chi connectivity index (χ0) is 25.4. The van der Waals surface area contributed by atoms with Gasteiger partial charge in [0.15, 0.2) is 0 Å². The summed E-state index contributed by atoms with van der Waals surface area (Å²) in [6.45, 7) is 2.49. The Balaban J connectivity index is 1.35. The second-order valence-corrected chi connectivity index (χ2v) is 11.3. The van der Waals surface area contributed by atoms with E-state index in [0.29, 0.717) is 24.3 Å². The van der Waals surface area contributed by atoms with Crippen molar-refractivity contribution in [1.29, 1.82) is 0 Å². The summed E-state index contributed by atoms with van der Waals surface area (Å²) in [4.78, 5) is 20.4. The minimum absolute atomic E-state index is 0.184. The Morgan fingerprint density at radius 1 is 1.00 bits per heavy atom. The molecule has 0 atom stereocenters. The number of carbonyl (C=O) groups is 1. The van der Waals surface area contributed by atoms with Crippen LogP contribution in [-0.2, 0) is 16.8 Å². The third kappa shape index (κ3) is 4.79. The Hall–Kier alpha value is -3.47. The lowest BCUT2D eigenvalue weighted by atomic mass is 9.48. The van der Waals surface area contributed by atoms with Crippen LogP contribution < -0.4 is 4.74 Å². The van der Waals surface area contributed by atoms with E-state index in [1.54, 1.807) is 12.4 Å². The summed E-state index contributed by atoms with van der Waals surface area (Å²) >= 11 is 0. The maximum Gasteiger partial charge on any atom is 0.328 e. The van der Waals surface area contributed by atoms with Crippen molar-refractivity contribution in [2.45, 2.75) is 63.9 Å². The number of hydrogen-bond donors (Lipinski definition) is 1. The van der Waals surface area contributed by atoms with Crippen LogP contribution in [-0.4, -0.2) is 21.0 Å². The van der Waals surface area contributed by atoms with Gasteiger partial charge in [0.2, 0.25) is 0 Å². The van der Waals surface area contributed by atoms with Gasteiger partial charge in [-0.1, -0.05) is 37.3 Å². The van der Waals surface area contributed by atoms with E-state index in [1.807, 2.05) is 13.0 Å². The molecule has 1 heterocycles. The van der Waals surface area contributed by atoms with Crippen molar-refractivity contribution in [1.82, 2.24) is 9.97 Å². The number of aliphatic carboxylic acids is 1. The highest BCUT2D eigenvalue weighted by Crippen LogP contribution is 2.62. The first kappa shape index (κ1) is 23.9. The van der Waals surface area contributed by atoms with E-state index >= 15 is 0 Å². The first-order chi connectivity index (χ1) is 18.0. The molecule has 1 aromatic heterocycles. The third-order valence-corrected chi connectivity index (χ3v) is 8.78. The molecule has 4 saturated carbocycles. The van der Waals surface area contributed by atoms with Gasteiger partial charge in [0, 0.05) is 17.2 Å². The molecule has 4 bridgehead atoms. The van der Waals surface area contributed by atoms with Crippen molar-refractivity contribution in [3.05, 3.63) is 83.8 Å². The molecule has 0 aliphatic heterocycles. The fourth-order valence-corrected chi connectivity index (χ4v) is 7.55. The highest BCUT2D eigenvalue weighted by molar-refractivity contribution is 5.89. The molecule has 5 heteroatoms. The quantitative estimate of drug-likeness (QED) is 0.339. The van der Waals surface area contributed by atoms with Crippen molar-refractivity contribution < 1.29 is 14.6 Å². The summed E-state index contributed by atoms with van der Waals surface area (Å²) in [6.07, 6.45) is 13.2. The predicted octanol–water partition coefficient (Wildman–Crippen LogP) is 7.07. The van der Waals surface area contributed by atoms with Crippen molar-refractivity contribution in [2.24, 2.45) is 17.8 Å². The molecule has 1 N–H and O–H groups in total. The number of carboxylic acids is 1. The second kappa shape index (κ2) is 9.77. The molecule has 37 heavy (non-hydrogen) atoms. The molecule has 0 amide bonds. The Bertz CT molecular complexity index is 1280.